The largest absolute Gasteiger partial charge is 0.360 e. The summed E-state index contributed by atoms with van der Waals surface area (Å²) in [6, 6.07) is 7.32. The number of hydrogen-bond donors (Lipinski definition) is 1. The van der Waals surface area contributed by atoms with Crippen LogP contribution in [0.2, 0.25) is 0 Å². The van der Waals surface area contributed by atoms with Gasteiger partial charge in [0.1, 0.15) is 0 Å². The average Bonchev–Trinajstić information content (AvgIpc) is 3.11. The normalized spacial score (nSPS) is 18.8. The van der Waals surface area contributed by atoms with Crippen molar-refractivity contribution in [2.75, 3.05) is 11.4 Å². The first-order valence-corrected chi connectivity index (χ1v) is 6.82. The Labute approximate surface area is 108 Å². The van der Waals surface area contributed by atoms with Crippen molar-refractivity contribution < 1.29 is 0 Å². The summed E-state index contributed by atoms with van der Waals surface area (Å²) in [5, 5.41) is 4.35. The molecule has 2 aliphatic rings. The van der Waals surface area contributed by atoms with Gasteiger partial charge < -0.3 is 10.2 Å². The summed E-state index contributed by atoms with van der Waals surface area (Å²) in [6.45, 7) is 3.20. The average molecular weight is 246 g/mol. The molecule has 0 spiro atoms. The van der Waals surface area contributed by atoms with E-state index >= 15 is 0 Å². The standard InChI is InChI=1S/C14H18N2S/c1-10-4-7-13-11(9-10)3-2-8-16(13)14(17)15-12-5-6-12/h4,7,9,12H,2-3,5-6,8H2,1H3,(H,15,17). The lowest BCUT2D eigenvalue weighted by molar-refractivity contribution is 0.761. The first-order valence-electron chi connectivity index (χ1n) is 6.41. The molecule has 1 heterocycles. The summed E-state index contributed by atoms with van der Waals surface area (Å²) in [6.07, 6.45) is 4.92. The minimum Gasteiger partial charge on any atom is -0.360 e. The Morgan fingerprint density at radius 1 is 1.41 bits per heavy atom. The van der Waals surface area contributed by atoms with Gasteiger partial charge in [-0.05, 0) is 56.5 Å². The maximum atomic E-state index is 5.51. The smallest absolute Gasteiger partial charge is 0.173 e. The highest BCUT2D eigenvalue weighted by Gasteiger charge is 2.26. The number of thiocarbonyl (C=S) groups is 1. The number of aryl methyl sites for hydroxylation is 2. The molecule has 3 heteroatoms. The van der Waals surface area contributed by atoms with Crippen molar-refractivity contribution in [3.05, 3.63) is 29.3 Å². The number of fused-ring (bicyclic) bond motifs is 1. The zero-order valence-corrected chi connectivity index (χ0v) is 11.0. The van der Waals surface area contributed by atoms with E-state index in [1.165, 1.54) is 42.5 Å². The van der Waals surface area contributed by atoms with Gasteiger partial charge in [0.15, 0.2) is 5.11 Å². The number of hydrogen-bond acceptors (Lipinski definition) is 1. The van der Waals surface area contributed by atoms with Gasteiger partial charge >= 0.3 is 0 Å². The van der Waals surface area contributed by atoms with Crippen molar-refractivity contribution in [1.82, 2.24) is 5.32 Å². The fraction of sp³-hybridized carbons (Fsp3) is 0.500. The Morgan fingerprint density at radius 3 is 3.00 bits per heavy atom. The van der Waals surface area contributed by atoms with E-state index in [1.54, 1.807) is 0 Å². The van der Waals surface area contributed by atoms with E-state index in [2.05, 4.69) is 35.3 Å². The van der Waals surface area contributed by atoms with Crippen molar-refractivity contribution in [3.8, 4) is 0 Å². The molecule has 1 fully saturated rings. The highest BCUT2D eigenvalue weighted by atomic mass is 32.1. The molecule has 3 rings (SSSR count). The molecule has 0 aromatic heterocycles. The number of rotatable bonds is 1. The van der Waals surface area contributed by atoms with Gasteiger partial charge in [-0.1, -0.05) is 17.7 Å². The number of nitrogens with zero attached hydrogens (tertiary/aromatic N) is 1. The molecule has 1 aliphatic heterocycles. The number of anilines is 1. The van der Waals surface area contributed by atoms with Gasteiger partial charge in [0.2, 0.25) is 0 Å². The van der Waals surface area contributed by atoms with Crippen LogP contribution in [-0.4, -0.2) is 17.7 Å². The van der Waals surface area contributed by atoms with E-state index in [9.17, 15) is 0 Å². The molecule has 90 valence electrons. The van der Waals surface area contributed by atoms with E-state index in [0.29, 0.717) is 6.04 Å². The maximum Gasteiger partial charge on any atom is 0.173 e. The van der Waals surface area contributed by atoms with Crippen LogP contribution in [0.4, 0.5) is 5.69 Å². The summed E-state index contributed by atoms with van der Waals surface area (Å²) < 4.78 is 0. The van der Waals surface area contributed by atoms with Crippen LogP contribution in [0.5, 0.6) is 0 Å². The fourth-order valence-corrected chi connectivity index (χ4v) is 2.77. The molecule has 0 amide bonds. The third-order valence-corrected chi connectivity index (χ3v) is 3.84. The fourth-order valence-electron chi connectivity index (χ4n) is 2.42. The minimum absolute atomic E-state index is 0.637. The van der Waals surface area contributed by atoms with Crippen LogP contribution in [0.25, 0.3) is 0 Å². The minimum atomic E-state index is 0.637. The van der Waals surface area contributed by atoms with Gasteiger partial charge in [-0.2, -0.15) is 0 Å². The summed E-state index contributed by atoms with van der Waals surface area (Å²) in [5.41, 5.74) is 4.09. The Bertz CT molecular complexity index is 452. The highest BCUT2D eigenvalue weighted by molar-refractivity contribution is 7.80. The molecular formula is C14H18N2S. The molecule has 0 unspecified atom stereocenters. The van der Waals surface area contributed by atoms with Crippen LogP contribution in [0.3, 0.4) is 0 Å². The summed E-state index contributed by atoms with van der Waals surface area (Å²) in [5.74, 6) is 0. The third kappa shape index (κ3) is 2.29. The third-order valence-electron chi connectivity index (χ3n) is 3.50. The van der Waals surface area contributed by atoms with Crippen LogP contribution < -0.4 is 10.2 Å². The van der Waals surface area contributed by atoms with E-state index in [-0.39, 0.29) is 0 Å². The summed E-state index contributed by atoms with van der Waals surface area (Å²) >= 11 is 5.51. The van der Waals surface area contributed by atoms with E-state index < -0.39 is 0 Å². The molecule has 1 aliphatic carbocycles. The molecule has 0 bridgehead atoms. The van der Waals surface area contributed by atoms with E-state index in [0.717, 1.165) is 11.7 Å². The quantitative estimate of drug-likeness (QED) is 0.767. The second-order valence-corrected chi connectivity index (χ2v) is 5.50. The van der Waals surface area contributed by atoms with Crippen LogP contribution in [-0.2, 0) is 6.42 Å². The molecule has 1 aromatic carbocycles. The van der Waals surface area contributed by atoms with Gasteiger partial charge in [0.25, 0.3) is 0 Å². The first-order chi connectivity index (χ1) is 8.24. The molecule has 17 heavy (non-hydrogen) atoms. The predicted octanol–water partition coefficient (Wildman–Crippen LogP) is 2.78. The molecule has 0 radical (unpaired) electrons. The highest BCUT2D eigenvalue weighted by Crippen LogP contribution is 2.29. The summed E-state index contributed by atoms with van der Waals surface area (Å²) in [4.78, 5) is 2.27. The monoisotopic (exact) mass is 246 g/mol. The van der Waals surface area contributed by atoms with Gasteiger partial charge in [-0.3, -0.25) is 0 Å². The van der Waals surface area contributed by atoms with Gasteiger partial charge in [-0.25, -0.2) is 0 Å². The van der Waals surface area contributed by atoms with E-state index in [1.807, 2.05) is 0 Å². The number of benzene rings is 1. The Kier molecular flexibility index (Phi) is 2.79. The maximum absolute atomic E-state index is 5.51. The van der Waals surface area contributed by atoms with Crippen molar-refractivity contribution in [1.29, 1.82) is 0 Å². The Morgan fingerprint density at radius 2 is 2.24 bits per heavy atom. The molecule has 1 saturated carbocycles. The van der Waals surface area contributed by atoms with Crippen molar-refractivity contribution in [3.63, 3.8) is 0 Å². The number of nitrogens with one attached hydrogen (secondary N) is 1. The lowest BCUT2D eigenvalue weighted by atomic mass is 10.00. The zero-order valence-electron chi connectivity index (χ0n) is 10.2. The van der Waals surface area contributed by atoms with Gasteiger partial charge in [0, 0.05) is 18.3 Å². The van der Waals surface area contributed by atoms with Gasteiger partial charge in [0.05, 0.1) is 0 Å². The second kappa shape index (κ2) is 4.30. The Hall–Kier alpha value is -1.09. The van der Waals surface area contributed by atoms with Crippen molar-refractivity contribution >= 4 is 23.0 Å². The lowest BCUT2D eigenvalue weighted by Crippen LogP contribution is -2.43. The summed E-state index contributed by atoms with van der Waals surface area (Å²) in [7, 11) is 0. The van der Waals surface area contributed by atoms with Crippen molar-refractivity contribution in [2.45, 2.75) is 38.6 Å². The second-order valence-electron chi connectivity index (χ2n) is 5.11. The molecule has 0 atom stereocenters. The molecular weight excluding hydrogens is 228 g/mol. The molecule has 2 nitrogen and oxygen atoms in total. The topological polar surface area (TPSA) is 15.3 Å². The molecule has 1 aromatic rings. The molecule has 0 saturated heterocycles. The van der Waals surface area contributed by atoms with Crippen LogP contribution in [0, 0.1) is 6.92 Å². The Balaban J connectivity index is 1.85. The lowest BCUT2D eigenvalue weighted by Gasteiger charge is -2.32. The SMILES string of the molecule is Cc1ccc2c(c1)CCCN2C(=S)NC1CC1. The van der Waals surface area contributed by atoms with Gasteiger partial charge in [-0.15, -0.1) is 0 Å². The predicted molar refractivity (Wildman–Crippen MR) is 75.6 cm³/mol. The zero-order chi connectivity index (χ0) is 11.8. The van der Waals surface area contributed by atoms with Crippen LogP contribution in [0.15, 0.2) is 18.2 Å². The van der Waals surface area contributed by atoms with Crippen molar-refractivity contribution in [2.24, 2.45) is 0 Å². The first kappa shape index (κ1) is 11.0. The van der Waals surface area contributed by atoms with Crippen LogP contribution >= 0.6 is 12.2 Å². The van der Waals surface area contributed by atoms with Crippen LogP contribution in [0.1, 0.15) is 30.4 Å². The van der Waals surface area contributed by atoms with E-state index in [4.69, 9.17) is 12.2 Å². The molecule has 1 N–H and O–H groups in total.